The minimum Gasteiger partial charge on any atom is -0.496 e. The van der Waals surface area contributed by atoms with Crippen LogP contribution in [0.4, 0.5) is 5.69 Å². The van der Waals surface area contributed by atoms with Crippen molar-refractivity contribution in [2.75, 3.05) is 26.5 Å². The Balaban J connectivity index is 1.63. The fraction of sp³-hybridized carbons (Fsp3) is 0.174. The number of amides is 1. The van der Waals surface area contributed by atoms with E-state index in [0.717, 1.165) is 23.2 Å². The largest absolute Gasteiger partial charge is 0.496 e. The van der Waals surface area contributed by atoms with Crippen molar-refractivity contribution in [3.05, 3.63) is 71.9 Å². The molecule has 30 heavy (non-hydrogen) atoms. The van der Waals surface area contributed by atoms with E-state index in [-0.39, 0.29) is 5.91 Å². The number of nitrogens with one attached hydrogen (secondary N) is 2. The van der Waals surface area contributed by atoms with E-state index in [1.54, 1.807) is 19.4 Å². The van der Waals surface area contributed by atoms with E-state index in [0.29, 0.717) is 28.5 Å². The van der Waals surface area contributed by atoms with Gasteiger partial charge in [-0.3, -0.25) is 4.79 Å². The number of hydrogen-bond acceptors (Lipinski definition) is 5. The number of para-hydroxylation sites is 1. The van der Waals surface area contributed by atoms with Crippen molar-refractivity contribution in [1.82, 2.24) is 19.9 Å². The first-order valence-electron chi connectivity index (χ1n) is 9.58. The number of aromatic nitrogens is 3. The van der Waals surface area contributed by atoms with Gasteiger partial charge in [-0.1, -0.05) is 18.2 Å². The normalized spacial score (nSPS) is 11.1. The number of fused-ring (bicyclic) bond motifs is 1. The SMILES string of the molecule is COc1cc(C(=O)Nc2ccccc2-c2nc3ncccc3[nH]2)ccc1CN(C)C. The van der Waals surface area contributed by atoms with Gasteiger partial charge in [0.05, 0.1) is 18.3 Å². The number of H-pyrrole nitrogens is 1. The molecule has 0 aliphatic carbocycles. The van der Waals surface area contributed by atoms with E-state index in [1.807, 2.05) is 62.6 Å². The van der Waals surface area contributed by atoms with Gasteiger partial charge in [0.15, 0.2) is 5.65 Å². The summed E-state index contributed by atoms with van der Waals surface area (Å²) in [5.74, 6) is 1.12. The standard InChI is InChI=1S/C23H23N5O2/c1-28(2)14-16-11-10-15(13-20(16)30-3)23(29)26-18-8-5-4-7-17(18)21-25-19-9-6-12-24-22(19)27-21/h4-13H,14H2,1-3H3,(H,26,29)(H,24,25,27). The minimum absolute atomic E-state index is 0.216. The van der Waals surface area contributed by atoms with Crippen LogP contribution in [0.5, 0.6) is 5.75 Å². The second-order valence-electron chi connectivity index (χ2n) is 7.22. The molecule has 1 amide bonds. The van der Waals surface area contributed by atoms with Gasteiger partial charge in [-0.25, -0.2) is 9.97 Å². The zero-order valence-corrected chi connectivity index (χ0v) is 17.1. The lowest BCUT2D eigenvalue weighted by Gasteiger charge is -2.15. The lowest BCUT2D eigenvalue weighted by Crippen LogP contribution is -2.15. The number of nitrogens with zero attached hydrogens (tertiary/aromatic N) is 3. The van der Waals surface area contributed by atoms with E-state index < -0.39 is 0 Å². The maximum Gasteiger partial charge on any atom is 0.255 e. The number of pyridine rings is 1. The first-order valence-corrected chi connectivity index (χ1v) is 9.58. The smallest absolute Gasteiger partial charge is 0.255 e. The molecular formula is C23H23N5O2. The number of aromatic amines is 1. The van der Waals surface area contributed by atoms with Crippen molar-refractivity contribution >= 4 is 22.8 Å². The second kappa shape index (κ2) is 8.34. The first kappa shape index (κ1) is 19.6. The molecule has 2 heterocycles. The highest BCUT2D eigenvalue weighted by Gasteiger charge is 2.15. The van der Waals surface area contributed by atoms with Crippen LogP contribution in [0.25, 0.3) is 22.6 Å². The van der Waals surface area contributed by atoms with Crippen LogP contribution in [0, 0.1) is 0 Å². The van der Waals surface area contributed by atoms with Crippen LogP contribution in [-0.2, 0) is 6.54 Å². The highest BCUT2D eigenvalue weighted by atomic mass is 16.5. The Morgan fingerprint density at radius 1 is 1.13 bits per heavy atom. The molecule has 0 atom stereocenters. The van der Waals surface area contributed by atoms with Crippen LogP contribution in [0.3, 0.4) is 0 Å². The number of anilines is 1. The Morgan fingerprint density at radius 3 is 2.73 bits per heavy atom. The number of ether oxygens (including phenoxy) is 1. The molecule has 0 spiro atoms. The van der Waals surface area contributed by atoms with Gasteiger partial charge in [0.25, 0.3) is 5.91 Å². The third kappa shape index (κ3) is 4.01. The molecule has 2 N–H and O–H groups in total. The Hall–Kier alpha value is -3.71. The lowest BCUT2D eigenvalue weighted by atomic mass is 10.1. The molecule has 0 saturated carbocycles. The number of benzene rings is 2. The minimum atomic E-state index is -0.216. The summed E-state index contributed by atoms with van der Waals surface area (Å²) < 4.78 is 5.49. The maximum atomic E-state index is 13.0. The third-order valence-corrected chi connectivity index (χ3v) is 4.72. The van der Waals surface area contributed by atoms with Crippen molar-refractivity contribution in [3.63, 3.8) is 0 Å². The predicted octanol–water partition coefficient (Wildman–Crippen LogP) is 3.95. The topological polar surface area (TPSA) is 83.1 Å². The number of carbonyl (C=O) groups is 1. The summed E-state index contributed by atoms with van der Waals surface area (Å²) in [6, 6.07) is 16.8. The monoisotopic (exact) mass is 401 g/mol. The highest BCUT2D eigenvalue weighted by Crippen LogP contribution is 2.28. The average molecular weight is 401 g/mol. The number of rotatable bonds is 6. The van der Waals surface area contributed by atoms with Crippen LogP contribution in [0.2, 0.25) is 0 Å². The van der Waals surface area contributed by atoms with Crippen LogP contribution >= 0.6 is 0 Å². The Morgan fingerprint density at radius 2 is 1.97 bits per heavy atom. The summed E-state index contributed by atoms with van der Waals surface area (Å²) >= 11 is 0. The number of carbonyl (C=O) groups excluding carboxylic acids is 1. The molecule has 4 rings (SSSR count). The van der Waals surface area contributed by atoms with Gasteiger partial charge in [-0.2, -0.15) is 0 Å². The molecular weight excluding hydrogens is 378 g/mol. The molecule has 0 saturated heterocycles. The van der Waals surface area contributed by atoms with Crippen LogP contribution < -0.4 is 10.1 Å². The molecule has 0 aliphatic heterocycles. The zero-order valence-electron chi connectivity index (χ0n) is 17.1. The van der Waals surface area contributed by atoms with E-state index >= 15 is 0 Å². The Kier molecular flexibility index (Phi) is 5.45. The van der Waals surface area contributed by atoms with Gasteiger partial charge in [0.2, 0.25) is 0 Å². The number of methoxy groups -OCH3 is 1. The van der Waals surface area contributed by atoms with E-state index in [2.05, 4.69) is 25.2 Å². The molecule has 7 nitrogen and oxygen atoms in total. The van der Waals surface area contributed by atoms with Crippen molar-refractivity contribution in [2.24, 2.45) is 0 Å². The molecule has 0 unspecified atom stereocenters. The van der Waals surface area contributed by atoms with E-state index in [4.69, 9.17) is 4.74 Å². The van der Waals surface area contributed by atoms with Gasteiger partial charge in [-0.05, 0) is 50.5 Å². The van der Waals surface area contributed by atoms with Crippen molar-refractivity contribution in [3.8, 4) is 17.1 Å². The number of imidazole rings is 1. The van der Waals surface area contributed by atoms with Crippen LogP contribution in [0.1, 0.15) is 15.9 Å². The van der Waals surface area contributed by atoms with Crippen LogP contribution in [-0.4, -0.2) is 47.0 Å². The van der Waals surface area contributed by atoms with Gasteiger partial charge in [0.1, 0.15) is 11.6 Å². The Bertz CT molecular complexity index is 1170. The summed E-state index contributed by atoms with van der Waals surface area (Å²) in [4.78, 5) is 27.1. The average Bonchev–Trinajstić information content (AvgIpc) is 3.18. The van der Waals surface area contributed by atoms with Crippen molar-refractivity contribution in [1.29, 1.82) is 0 Å². The molecule has 4 aromatic rings. The Labute approximate surface area is 174 Å². The molecule has 7 heteroatoms. The van der Waals surface area contributed by atoms with E-state index in [9.17, 15) is 4.79 Å². The molecule has 2 aromatic heterocycles. The summed E-state index contributed by atoms with van der Waals surface area (Å²) in [7, 11) is 5.59. The number of hydrogen-bond donors (Lipinski definition) is 2. The van der Waals surface area contributed by atoms with E-state index in [1.165, 1.54) is 0 Å². The highest BCUT2D eigenvalue weighted by molar-refractivity contribution is 6.06. The van der Waals surface area contributed by atoms with Crippen molar-refractivity contribution < 1.29 is 9.53 Å². The summed E-state index contributed by atoms with van der Waals surface area (Å²) in [5.41, 5.74) is 4.48. The molecule has 0 bridgehead atoms. The van der Waals surface area contributed by atoms with Crippen molar-refractivity contribution in [2.45, 2.75) is 6.54 Å². The predicted molar refractivity (Wildman–Crippen MR) is 118 cm³/mol. The van der Waals surface area contributed by atoms with Gasteiger partial charge in [-0.15, -0.1) is 0 Å². The molecule has 0 fully saturated rings. The molecule has 2 aromatic carbocycles. The quantitative estimate of drug-likeness (QED) is 0.511. The molecule has 0 radical (unpaired) electrons. The van der Waals surface area contributed by atoms with Crippen LogP contribution in [0.15, 0.2) is 60.8 Å². The first-order chi connectivity index (χ1) is 14.5. The zero-order chi connectivity index (χ0) is 21.1. The summed E-state index contributed by atoms with van der Waals surface area (Å²) in [6.07, 6.45) is 1.70. The maximum absolute atomic E-state index is 13.0. The molecule has 152 valence electrons. The van der Waals surface area contributed by atoms with Gasteiger partial charge in [0, 0.05) is 29.4 Å². The summed E-state index contributed by atoms with van der Waals surface area (Å²) in [5, 5.41) is 3.00. The second-order valence-corrected chi connectivity index (χ2v) is 7.22. The summed E-state index contributed by atoms with van der Waals surface area (Å²) in [6.45, 7) is 0.730. The molecule has 0 aliphatic rings. The lowest BCUT2D eigenvalue weighted by molar-refractivity contribution is 0.102. The third-order valence-electron chi connectivity index (χ3n) is 4.72. The van der Waals surface area contributed by atoms with Gasteiger partial charge < -0.3 is 19.9 Å². The fourth-order valence-corrected chi connectivity index (χ4v) is 3.32. The fourth-order valence-electron chi connectivity index (χ4n) is 3.32. The van der Waals surface area contributed by atoms with Gasteiger partial charge >= 0.3 is 0 Å².